The number of hydrogen-bond acceptors (Lipinski definition) is 6. The van der Waals surface area contributed by atoms with Crippen molar-refractivity contribution in [2.45, 2.75) is 11.6 Å². The van der Waals surface area contributed by atoms with Gasteiger partial charge in [0.25, 0.3) is 11.1 Å². The predicted molar refractivity (Wildman–Crippen MR) is 99.9 cm³/mol. The Labute approximate surface area is 153 Å². The second-order valence-electron chi connectivity index (χ2n) is 5.52. The summed E-state index contributed by atoms with van der Waals surface area (Å²) in [6.45, 7) is 0. The zero-order valence-corrected chi connectivity index (χ0v) is 14.5. The number of nitrogens with zero attached hydrogens (tertiary/aromatic N) is 2. The third kappa shape index (κ3) is 3.62. The molecule has 0 fully saturated rings. The van der Waals surface area contributed by atoms with Crippen LogP contribution in [0.1, 0.15) is 6.42 Å². The molecule has 6 nitrogen and oxygen atoms in total. The molecule has 0 aliphatic heterocycles. The number of hydrogen-bond donors (Lipinski definition) is 1. The minimum atomic E-state index is -0.0559. The van der Waals surface area contributed by atoms with E-state index in [1.54, 1.807) is 18.4 Å². The highest BCUT2D eigenvalue weighted by Gasteiger charge is 2.12. The third-order valence-electron chi connectivity index (χ3n) is 3.76. The van der Waals surface area contributed by atoms with Gasteiger partial charge in [0.15, 0.2) is 5.76 Å². The maximum absolute atomic E-state index is 12.2. The summed E-state index contributed by atoms with van der Waals surface area (Å²) in [4.78, 5) is 12.2. The minimum Gasteiger partial charge on any atom is -0.459 e. The first kappa shape index (κ1) is 16.4. The highest BCUT2D eigenvalue weighted by atomic mass is 32.2. The molecule has 0 unspecified atom stereocenters. The van der Waals surface area contributed by atoms with Crippen LogP contribution >= 0.6 is 11.8 Å². The Morgan fingerprint density at radius 2 is 1.92 bits per heavy atom. The van der Waals surface area contributed by atoms with Crippen molar-refractivity contribution in [1.82, 2.24) is 10.2 Å². The zero-order chi connectivity index (χ0) is 17.8. The second-order valence-corrected chi connectivity index (χ2v) is 6.57. The number of anilines is 1. The van der Waals surface area contributed by atoms with E-state index in [4.69, 9.17) is 8.83 Å². The molecule has 26 heavy (non-hydrogen) atoms. The first-order chi connectivity index (χ1) is 12.8. The number of amides is 1. The van der Waals surface area contributed by atoms with Crippen LogP contribution in [0.5, 0.6) is 0 Å². The SMILES string of the molecule is O=C(CCSc1nnc(-c2ccco2)o1)Nc1cccc2ccccc12. The number of benzene rings is 2. The fourth-order valence-corrected chi connectivity index (χ4v) is 3.24. The van der Waals surface area contributed by atoms with E-state index in [1.165, 1.54) is 11.8 Å². The quantitative estimate of drug-likeness (QED) is 0.503. The maximum atomic E-state index is 12.2. The molecule has 1 N–H and O–H groups in total. The van der Waals surface area contributed by atoms with Gasteiger partial charge in [-0.3, -0.25) is 4.79 Å². The van der Waals surface area contributed by atoms with Crippen LogP contribution < -0.4 is 5.32 Å². The molecule has 0 saturated heterocycles. The first-order valence-electron chi connectivity index (χ1n) is 8.07. The molecular weight excluding hydrogens is 350 g/mol. The molecule has 0 aliphatic rings. The topological polar surface area (TPSA) is 81.2 Å². The summed E-state index contributed by atoms with van der Waals surface area (Å²) in [6.07, 6.45) is 1.89. The number of thioether (sulfide) groups is 1. The Bertz CT molecular complexity index is 1020. The number of aromatic nitrogens is 2. The highest BCUT2D eigenvalue weighted by molar-refractivity contribution is 7.99. The van der Waals surface area contributed by atoms with Crippen LogP contribution in [0.4, 0.5) is 5.69 Å². The first-order valence-corrected chi connectivity index (χ1v) is 9.06. The Hall–Kier alpha value is -3.06. The Balaban J connectivity index is 1.33. The smallest absolute Gasteiger partial charge is 0.284 e. The number of carbonyl (C=O) groups excluding carboxylic acids is 1. The Morgan fingerprint density at radius 3 is 2.81 bits per heavy atom. The van der Waals surface area contributed by atoms with Crippen LogP contribution in [0.3, 0.4) is 0 Å². The molecule has 7 heteroatoms. The third-order valence-corrected chi connectivity index (χ3v) is 4.58. The molecule has 2 aromatic heterocycles. The molecule has 2 aromatic carbocycles. The molecule has 0 spiro atoms. The van der Waals surface area contributed by atoms with Crippen LogP contribution in [-0.2, 0) is 4.79 Å². The molecule has 4 rings (SSSR count). The average Bonchev–Trinajstić information content (AvgIpc) is 3.34. The Morgan fingerprint density at radius 1 is 1.04 bits per heavy atom. The average molecular weight is 365 g/mol. The van der Waals surface area contributed by atoms with Gasteiger partial charge in [0.05, 0.1) is 6.26 Å². The molecule has 1 amide bonds. The molecule has 4 aromatic rings. The lowest BCUT2D eigenvalue weighted by atomic mass is 10.1. The highest BCUT2D eigenvalue weighted by Crippen LogP contribution is 2.25. The van der Waals surface area contributed by atoms with Gasteiger partial charge in [-0.1, -0.05) is 48.2 Å². The van der Waals surface area contributed by atoms with E-state index in [0.29, 0.717) is 29.0 Å². The number of carbonyl (C=O) groups is 1. The molecule has 0 saturated carbocycles. The fourth-order valence-electron chi connectivity index (χ4n) is 2.55. The van der Waals surface area contributed by atoms with Crippen molar-refractivity contribution < 1.29 is 13.6 Å². The van der Waals surface area contributed by atoms with Crippen molar-refractivity contribution in [3.05, 3.63) is 60.9 Å². The van der Waals surface area contributed by atoms with Crippen LogP contribution in [0.15, 0.2) is 74.9 Å². The lowest BCUT2D eigenvalue weighted by molar-refractivity contribution is -0.115. The van der Waals surface area contributed by atoms with E-state index in [2.05, 4.69) is 15.5 Å². The molecule has 0 radical (unpaired) electrons. The summed E-state index contributed by atoms with van der Waals surface area (Å²) in [5.41, 5.74) is 0.816. The molecule has 0 atom stereocenters. The van der Waals surface area contributed by atoms with E-state index >= 15 is 0 Å². The van der Waals surface area contributed by atoms with Crippen LogP contribution in [0, 0.1) is 0 Å². The van der Waals surface area contributed by atoms with Crippen LogP contribution in [-0.4, -0.2) is 21.9 Å². The van der Waals surface area contributed by atoms with Gasteiger partial charge in [-0.25, -0.2) is 0 Å². The van der Waals surface area contributed by atoms with Gasteiger partial charge in [0.1, 0.15) is 0 Å². The standard InChI is InChI=1S/C19H15N3O3S/c23-17(20-15-8-3-6-13-5-1-2-7-14(13)15)10-12-26-19-22-21-18(25-19)16-9-4-11-24-16/h1-9,11H,10,12H2,(H,20,23). The van der Waals surface area contributed by atoms with E-state index < -0.39 is 0 Å². The van der Waals surface area contributed by atoms with Crippen molar-refractivity contribution >= 4 is 34.1 Å². The van der Waals surface area contributed by atoms with Crippen molar-refractivity contribution in [2.24, 2.45) is 0 Å². The van der Waals surface area contributed by atoms with E-state index in [1.807, 2.05) is 42.5 Å². The van der Waals surface area contributed by atoms with E-state index in [0.717, 1.165) is 16.5 Å². The maximum Gasteiger partial charge on any atom is 0.284 e. The fraction of sp³-hybridized carbons (Fsp3) is 0.105. The van der Waals surface area contributed by atoms with Gasteiger partial charge >= 0.3 is 0 Å². The molecule has 2 heterocycles. The van der Waals surface area contributed by atoms with Crippen molar-refractivity contribution in [3.8, 4) is 11.7 Å². The summed E-state index contributed by atoms with van der Waals surface area (Å²) in [5, 5.41) is 13.4. The summed E-state index contributed by atoms with van der Waals surface area (Å²) >= 11 is 1.34. The number of nitrogens with one attached hydrogen (secondary N) is 1. The summed E-state index contributed by atoms with van der Waals surface area (Å²) in [5.74, 6) is 1.34. The van der Waals surface area contributed by atoms with Gasteiger partial charge in [0.2, 0.25) is 5.91 Å². The largest absolute Gasteiger partial charge is 0.459 e. The number of rotatable bonds is 6. The second kappa shape index (κ2) is 7.45. The zero-order valence-electron chi connectivity index (χ0n) is 13.7. The lowest BCUT2D eigenvalue weighted by Crippen LogP contribution is -2.12. The van der Waals surface area contributed by atoms with Crippen molar-refractivity contribution in [3.63, 3.8) is 0 Å². The van der Waals surface area contributed by atoms with Gasteiger partial charge in [0, 0.05) is 23.2 Å². The van der Waals surface area contributed by atoms with Gasteiger partial charge in [-0.15, -0.1) is 10.2 Å². The summed E-state index contributed by atoms with van der Waals surface area (Å²) in [7, 11) is 0. The lowest BCUT2D eigenvalue weighted by Gasteiger charge is -2.08. The monoisotopic (exact) mass is 365 g/mol. The van der Waals surface area contributed by atoms with Crippen LogP contribution in [0.2, 0.25) is 0 Å². The van der Waals surface area contributed by atoms with Gasteiger partial charge < -0.3 is 14.2 Å². The van der Waals surface area contributed by atoms with Crippen LogP contribution in [0.25, 0.3) is 22.4 Å². The van der Waals surface area contributed by atoms with E-state index in [-0.39, 0.29) is 5.91 Å². The summed E-state index contributed by atoms with van der Waals surface area (Å²) < 4.78 is 10.7. The van der Waals surface area contributed by atoms with Gasteiger partial charge in [-0.05, 0) is 23.6 Å². The summed E-state index contributed by atoms with van der Waals surface area (Å²) in [6, 6.07) is 17.3. The molecular formula is C19H15N3O3S. The van der Waals surface area contributed by atoms with Gasteiger partial charge in [-0.2, -0.15) is 0 Å². The van der Waals surface area contributed by atoms with E-state index in [9.17, 15) is 4.79 Å². The normalized spacial score (nSPS) is 10.9. The molecule has 0 bridgehead atoms. The number of furan rings is 1. The Kier molecular flexibility index (Phi) is 4.70. The van der Waals surface area contributed by atoms with Crippen molar-refractivity contribution in [1.29, 1.82) is 0 Å². The molecule has 130 valence electrons. The minimum absolute atomic E-state index is 0.0559. The van der Waals surface area contributed by atoms with Crippen molar-refractivity contribution in [2.75, 3.05) is 11.1 Å². The molecule has 0 aliphatic carbocycles. The predicted octanol–water partition coefficient (Wildman–Crippen LogP) is 4.60. The number of fused-ring (bicyclic) bond motifs is 1.